The number of fused-ring (bicyclic) bond motifs is 1. The van der Waals surface area contributed by atoms with E-state index in [4.69, 9.17) is 5.73 Å². The number of amides is 1. The van der Waals surface area contributed by atoms with Crippen molar-refractivity contribution in [3.8, 4) is 0 Å². The SMILES string of the molecule is Cc1ccc2ccnc(NCC(=O)NC3CN([C@H]4CC[C@@H](c5ncccc5N)CC4)C3)c2c1. The number of likely N-dealkylation sites (tertiary alicyclic amines) is 1. The highest BCUT2D eigenvalue weighted by molar-refractivity contribution is 5.93. The molecule has 1 saturated heterocycles. The first-order valence-electron chi connectivity index (χ1n) is 11.9. The molecular formula is C26H32N6O. The van der Waals surface area contributed by atoms with Gasteiger partial charge in [-0.1, -0.05) is 17.7 Å². The highest BCUT2D eigenvalue weighted by Gasteiger charge is 2.35. The number of rotatable bonds is 6. The minimum absolute atomic E-state index is 0.0143. The maximum atomic E-state index is 12.5. The number of hydrogen-bond donors (Lipinski definition) is 3. The van der Waals surface area contributed by atoms with Gasteiger partial charge in [-0.25, -0.2) is 4.98 Å². The van der Waals surface area contributed by atoms with E-state index in [9.17, 15) is 4.79 Å². The molecule has 7 heteroatoms. The van der Waals surface area contributed by atoms with Gasteiger partial charge in [0.1, 0.15) is 5.82 Å². The van der Waals surface area contributed by atoms with Crippen molar-refractivity contribution in [2.24, 2.45) is 0 Å². The lowest BCUT2D eigenvalue weighted by Gasteiger charge is -2.46. The summed E-state index contributed by atoms with van der Waals surface area (Å²) in [6.07, 6.45) is 8.19. The van der Waals surface area contributed by atoms with E-state index in [0.717, 1.165) is 66.7 Å². The molecule has 1 amide bonds. The van der Waals surface area contributed by atoms with E-state index in [1.807, 2.05) is 24.4 Å². The highest BCUT2D eigenvalue weighted by Crippen LogP contribution is 2.37. The van der Waals surface area contributed by atoms with Crippen LogP contribution in [0.4, 0.5) is 11.5 Å². The van der Waals surface area contributed by atoms with Crippen LogP contribution in [0.5, 0.6) is 0 Å². The van der Waals surface area contributed by atoms with E-state index >= 15 is 0 Å². The molecule has 4 N–H and O–H groups in total. The zero-order chi connectivity index (χ0) is 22.8. The minimum Gasteiger partial charge on any atom is -0.397 e. The van der Waals surface area contributed by atoms with E-state index in [2.05, 4.69) is 50.6 Å². The molecule has 0 bridgehead atoms. The Hall–Kier alpha value is -3.19. The van der Waals surface area contributed by atoms with Gasteiger partial charge in [-0.15, -0.1) is 0 Å². The van der Waals surface area contributed by atoms with Crippen molar-refractivity contribution in [2.75, 3.05) is 30.7 Å². The molecule has 2 fully saturated rings. The Morgan fingerprint density at radius 2 is 1.91 bits per heavy atom. The summed E-state index contributed by atoms with van der Waals surface area (Å²) >= 11 is 0. The second kappa shape index (κ2) is 9.35. The van der Waals surface area contributed by atoms with Crippen LogP contribution in [0.25, 0.3) is 10.8 Å². The van der Waals surface area contributed by atoms with E-state index in [1.54, 1.807) is 6.20 Å². The molecule has 172 valence electrons. The Labute approximate surface area is 194 Å². The third-order valence-electron chi connectivity index (χ3n) is 7.08. The zero-order valence-corrected chi connectivity index (χ0v) is 19.1. The van der Waals surface area contributed by atoms with Gasteiger partial charge in [-0.05, 0) is 62.3 Å². The third-order valence-corrected chi connectivity index (χ3v) is 7.08. The standard InChI is InChI=1S/C26H32N6O/c1-17-4-5-18-10-12-29-26(22(18)13-17)30-14-24(33)31-20-15-32(16-20)21-8-6-19(7-9-21)25-23(27)3-2-11-28-25/h2-5,10-13,19-21H,6-9,14-16,27H2,1H3,(H,29,30)(H,31,33)/t19-,21+. The van der Waals surface area contributed by atoms with Gasteiger partial charge < -0.3 is 16.4 Å². The monoisotopic (exact) mass is 444 g/mol. The molecule has 1 aliphatic carbocycles. The lowest BCUT2D eigenvalue weighted by Crippen LogP contribution is -2.63. The molecular weight excluding hydrogens is 412 g/mol. The number of benzene rings is 1. The molecule has 2 aromatic heterocycles. The Morgan fingerprint density at radius 3 is 2.70 bits per heavy atom. The van der Waals surface area contributed by atoms with E-state index in [1.165, 1.54) is 5.56 Å². The lowest BCUT2D eigenvalue weighted by atomic mass is 9.81. The maximum absolute atomic E-state index is 12.5. The summed E-state index contributed by atoms with van der Waals surface area (Å²) in [5.41, 5.74) is 9.18. The molecule has 3 heterocycles. The van der Waals surface area contributed by atoms with Gasteiger partial charge in [0.25, 0.3) is 0 Å². The fraction of sp³-hybridized carbons (Fsp3) is 0.423. The summed E-state index contributed by atoms with van der Waals surface area (Å²) < 4.78 is 0. The number of carbonyl (C=O) groups is 1. The summed E-state index contributed by atoms with van der Waals surface area (Å²) in [6, 6.07) is 12.9. The van der Waals surface area contributed by atoms with Crippen LogP contribution in [0.15, 0.2) is 48.8 Å². The number of aromatic nitrogens is 2. The Bertz CT molecular complexity index is 1130. The van der Waals surface area contributed by atoms with Gasteiger partial charge in [0.2, 0.25) is 5.91 Å². The van der Waals surface area contributed by atoms with Crippen LogP contribution in [0, 0.1) is 6.92 Å². The number of nitrogen functional groups attached to an aromatic ring is 1. The number of anilines is 2. The highest BCUT2D eigenvalue weighted by atomic mass is 16.2. The molecule has 33 heavy (non-hydrogen) atoms. The first-order valence-corrected chi connectivity index (χ1v) is 11.9. The third kappa shape index (κ3) is 4.78. The minimum atomic E-state index is 0.0143. The fourth-order valence-electron chi connectivity index (χ4n) is 5.25. The van der Waals surface area contributed by atoms with Crippen LogP contribution in [0.1, 0.15) is 42.9 Å². The quantitative estimate of drug-likeness (QED) is 0.539. The van der Waals surface area contributed by atoms with Crippen molar-refractivity contribution in [2.45, 2.75) is 50.6 Å². The van der Waals surface area contributed by atoms with Crippen LogP contribution in [0.2, 0.25) is 0 Å². The van der Waals surface area contributed by atoms with E-state index in [0.29, 0.717) is 12.0 Å². The van der Waals surface area contributed by atoms with Gasteiger partial charge in [-0.2, -0.15) is 0 Å². The average Bonchev–Trinajstić information content (AvgIpc) is 2.80. The summed E-state index contributed by atoms with van der Waals surface area (Å²) in [5.74, 6) is 1.24. The predicted octanol–water partition coefficient (Wildman–Crippen LogP) is 3.46. The van der Waals surface area contributed by atoms with Crippen LogP contribution < -0.4 is 16.4 Å². The van der Waals surface area contributed by atoms with E-state index < -0.39 is 0 Å². The Morgan fingerprint density at radius 1 is 1.09 bits per heavy atom. The van der Waals surface area contributed by atoms with Crippen molar-refractivity contribution >= 4 is 28.2 Å². The summed E-state index contributed by atoms with van der Waals surface area (Å²) in [5, 5.41) is 8.54. The van der Waals surface area contributed by atoms with Gasteiger partial charge in [0, 0.05) is 42.8 Å². The van der Waals surface area contributed by atoms with Crippen LogP contribution in [-0.2, 0) is 4.79 Å². The van der Waals surface area contributed by atoms with Crippen molar-refractivity contribution in [1.29, 1.82) is 0 Å². The first kappa shape index (κ1) is 21.6. The molecule has 5 rings (SSSR count). The van der Waals surface area contributed by atoms with Gasteiger partial charge in [-0.3, -0.25) is 14.7 Å². The number of nitrogens with zero attached hydrogens (tertiary/aromatic N) is 3. The summed E-state index contributed by atoms with van der Waals surface area (Å²) in [7, 11) is 0. The molecule has 7 nitrogen and oxygen atoms in total. The van der Waals surface area contributed by atoms with Crippen molar-refractivity contribution in [3.05, 3.63) is 60.0 Å². The van der Waals surface area contributed by atoms with Gasteiger partial charge in [0.05, 0.1) is 24.0 Å². The number of nitrogens with two attached hydrogens (primary N) is 1. The first-order chi connectivity index (χ1) is 16.1. The van der Waals surface area contributed by atoms with E-state index in [-0.39, 0.29) is 18.5 Å². The normalized spacial score (nSPS) is 21.5. The molecule has 1 aliphatic heterocycles. The molecule has 1 saturated carbocycles. The van der Waals surface area contributed by atoms with Crippen LogP contribution >= 0.6 is 0 Å². The molecule has 0 spiro atoms. The van der Waals surface area contributed by atoms with Gasteiger partial charge >= 0.3 is 0 Å². The zero-order valence-electron chi connectivity index (χ0n) is 19.1. The molecule has 1 aromatic carbocycles. The maximum Gasteiger partial charge on any atom is 0.239 e. The second-order valence-corrected chi connectivity index (χ2v) is 9.44. The number of hydrogen-bond acceptors (Lipinski definition) is 6. The second-order valence-electron chi connectivity index (χ2n) is 9.44. The lowest BCUT2D eigenvalue weighted by molar-refractivity contribution is -0.121. The smallest absolute Gasteiger partial charge is 0.239 e. The fourth-order valence-corrected chi connectivity index (χ4v) is 5.25. The molecule has 3 aromatic rings. The Balaban J connectivity index is 1.06. The number of pyridine rings is 2. The van der Waals surface area contributed by atoms with Gasteiger partial charge in [0.15, 0.2) is 0 Å². The molecule has 2 aliphatic rings. The average molecular weight is 445 g/mol. The summed E-state index contributed by atoms with van der Waals surface area (Å²) in [6.45, 7) is 4.15. The van der Waals surface area contributed by atoms with Crippen molar-refractivity contribution < 1.29 is 4.79 Å². The summed E-state index contributed by atoms with van der Waals surface area (Å²) in [4.78, 5) is 23.9. The topological polar surface area (TPSA) is 96.2 Å². The molecule has 0 unspecified atom stereocenters. The van der Waals surface area contributed by atoms with Crippen LogP contribution in [0.3, 0.4) is 0 Å². The Kier molecular flexibility index (Phi) is 6.13. The number of aryl methyl sites for hydroxylation is 1. The number of nitrogens with one attached hydrogen (secondary N) is 2. The predicted molar refractivity (Wildman–Crippen MR) is 132 cm³/mol. The molecule has 0 atom stereocenters. The largest absolute Gasteiger partial charge is 0.397 e. The van der Waals surface area contributed by atoms with Crippen molar-refractivity contribution in [3.63, 3.8) is 0 Å². The molecule has 0 radical (unpaired) electrons. The van der Waals surface area contributed by atoms with Crippen LogP contribution in [-0.4, -0.2) is 52.5 Å². The number of carbonyl (C=O) groups excluding carboxylic acids is 1. The van der Waals surface area contributed by atoms with Crippen molar-refractivity contribution in [1.82, 2.24) is 20.2 Å².